The molecule has 1 aliphatic carbocycles. The van der Waals surface area contributed by atoms with Gasteiger partial charge in [0.05, 0.1) is 11.9 Å². The first-order chi connectivity index (χ1) is 16.0. The van der Waals surface area contributed by atoms with Crippen LogP contribution in [0, 0.1) is 6.92 Å². The highest BCUT2D eigenvalue weighted by molar-refractivity contribution is 5.94. The molecule has 5 rings (SSSR count). The van der Waals surface area contributed by atoms with E-state index in [-0.39, 0.29) is 17.5 Å². The minimum atomic E-state index is -0.251. The van der Waals surface area contributed by atoms with Gasteiger partial charge in [0.15, 0.2) is 5.65 Å². The van der Waals surface area contributed by atoms with Crippen LogP contribution in [0.4, 0.5) is 5.82 Å². The van der Waals surface area contributed by atoms with Gasteiger partial charge in [-0.1, -0.05) is 13.3 Å². The molecule has 3 aromatic heterocycles. The molecule has 8 nitrogen and oxygen atoms in total. The van der Waals surface area contributed by atoms with E-state index in [4.69, 9.17) is 5.10 Å². The van der Waals surface area contributed by atoms with Gasteiger partial charge in [0.25, 0.3) is 11.5 Å². The van der Waals surface area contributed by atoms with E-state index in [2.05, 4.69) is 22.1 Å². The SMILES string of the molecule is CCCCn1c2c(cc(C(=O)NC3CCN(c4ccc5ncc(C)n5n4)C3)c1=O)CCCC2. The molecule has 0 saturated carbocycles. The average molecular weight is 449 g/mol. The molecule has 1 N–H and O–H groups in total. The predicted molar refractivity (Wildman–Crippen MR) is 128 cm³/mol. The minimum Gasteiger partial charge on any atom is -0.353 e. The number of nitrogens with zero attached hydrogens (tertiary/aromatic N) is 5. The highest BCUT2D eigenvalue weighted by Crippen LogP contribution is 2.22. The van der Waals surface area contributed by atoms with E-state index in [1.54, 1.807) is 0 Å². The second-order valence-electron chi connectivity index (χ2n) is 9.31. The number of aryl methyl sites for hydroxylation is 2. The summed E-state index contributed by atoms with van der Waals surface area (Å²) in [6.45, 7) is 6.28. The Bertz CT molecular complexity index is 1240. The lowest BCUT2D eigenvalue weighted by molar-refractivity contribution is 0.0938. The summed E-state index contributed by atoms with van der Waals surface area (Å²) < 4.78 is 3.72. The van der Waals surface area contributed by atoms with Crippen LogP contribution >= 0.6 is 0 Å². The van der Waals surface area contributed by atoms with Crippen LogP contribution in [0.25, 0.3) is 5.65 Å². The third-order valence-corrected chi connectivity index (χ3v) is 6.95. The quantitative estimate of drug-likeness (QED) is 0.627. The smallest absolute Gasteiger partial charge is 0.263 e. The number of aromatic nitrogens is 4. The first-order valence-electron chi connectivity index (χ1n) is 12.2. The first kappa shape index (κ1) is 21.7. The van der Waals surface area contributed by atoms with Gasteiger partial charge in [-0.3, -0.25) is 9.59 Å². The Labute approximate surface area is 193 Å². The largest absolute Gasteiger partial charge is 0.353 e. The van der Waals surface area contributed by atoms with Crippen LogP contribution in [0.3, 0.4) is 0 Å². The molecule has 0 bridgehead atoms. The Balaban J connectivity index is 1.33. The average Bonchev–Trinajstić information content (AvgIpc) is 3.44. The zero-order valence-electron chi connectivity index (χ0n) is 19.5. The van der Waals surface area contributed by atoms with E-state index in [9.17, 15) is 9.59 Å². The molecule has 1 saturated heterocycles. The number of carbonyl (C=O) groups excluding carboxylic acids is 1. The Morgan fingerprint density at radius 1 is 1.24 bits per heavy atom. The van der Waals surface area contributed by atoms with Gasteiger partial charge in [0, 0.05) is 31.4 Å². The van der Waals surface area contributed by atoms with E-state index < -0.39 is 0 Å². The minimum absolute atomic E-state index is 0.0154. The maximum Gasteiger partial charge on any atom is 0.263 e. The topological polar surface area (TPSA) is 84.5 Å². The van der Waals surface area contributed by atoms with Crippen LogP contribution in [0.5, 0.6) is 0 Å². The Morgan fingerprint density at radius 3 is 2.94 bits per heavy atom. The highest BCUT2D eigenvalue weighted by atomic mass is 16.2. The van der Waals surface area contributed by atoms with Crippen LogP contribution in [-0.2, 0) is 19.4 Å². The molecule has 1 unspecified atom stereocenters. The second kappa shape index (κ2) is 9.00. The molecule has 0 aromatic carbocycles. The van der Waals surface area contributed by atoms with Gasteiger partial charge >= 0.3 is 0 Å². The maximum absolute atomic E-state index is 13.3. The van der Waals surface area contributed by atoms with Crippen molar-refractivity contribution >= 4 is 17.4 Å². The zero-order chi connectivity index (χ0) is 22.9. The van der Waals surface area contributed by atoms with Gasteiger partial charge < -0.3 is 14.8 Å². The Morgan fingerprint density at radius 2 is 2.09 bits per heavy atom. The summed E-state index contributed by atoms with van der Waals surface area (Å²) in [5, 5.41) is 7.83. The lowest BCUT2D eigenvalue weighted by atomic mass is 9.94. The first-order valence-corrected chi connectivity index (χ1v) is 12.2. The van der Waals surface area contributed by atoms with Crippen molar-refractivity contribution in [2.45, 2.75) is 71.4 Å². The van der Waals surface area contributed by atoms with E-state index in [0.29, 0.717) is 18.7 Å². The van der Waals surface area contributed by atoms with Gasteiger partial charge in [0.2, 0.25) is 0 Å². The van der Waals surface area contributed by atoms with E-state index in [0.717, 1.165) is 74.3 Å². The van der Waals surface area contributed by atoms with Crippen molar-refractivity contribution in [3.63, 3.8) is 0 Å². The number of nitrogens with one attached hydrogen (secondary N) is 1. The Hall–Kier alpha value is -3.16. The van der Waals surface area contributed by atoms with Crippen LogP contribution in [0.1, 0.15) is 66.3 Å². The lowest BCUT2D eigenvalue weighted by Gasteiger charge is -2.23. The molecule has 4 heterocycles. The number of fused-ring (bicyclic) bond motifs is 2. The third kappa shape index (κ3) is 4.14. The molecule has 1 amide bonds. The van der Waals surface area contributed by atoms with Crippen molar-refractivity contribution in [2.24, 2.45) is 0 Å². The maximum atomic E-state index is 13.3. The number of imidazole rings is 1. The molecule has 1 fully saturated rings. The molecule has 174 valence electrons. The number of unbranched alkanes of at least 4 members (excludes halogenated alkanes) is 1. The number of carbonyl (C=O) groups is 1. The van der Waals surface area contributed by atoms with Gasteiger partial charge in [-0.15, -0.1) is 5.10 Å². The summed E-state index contributed by atoms with van der Waals surface area (Å²) in [6, 6.07) is 5.78. The molecule has 0 radical (unpaired) electrons. The molecular weight excluding hydrogens is 416 g/mol. The summed E-state index contributed by atoms with van der Waals surface area (Å²) in [5.41, 5.74) is 4.27. The number of pyridine rings is 1. The number of hydrogen-bond donors (Lipinski definition) is 1. The molecule has 1 aliphatic heterocycles. The van der Waals surface area contributed by atoms with Crippen molar-refractivity contribution in [1.82, 2.24) is 24.5 Å². The standard InChI is InChI=1S/C25H32N6O2/c1-3-4-12-30-21-8-6-5-7-18(21)14-20(25(30)33)24(32)27-19-11-13-29(16-19)23-10-9-22-26-15-17(2)31(22)28-23/h9-10,14-15,19H,3-8,11-13,16H2,1-2H3,(H,27,32). The fraction of sp³-hybridized carbons (Fsp3) is 0.520. The fourth-order valence-electron chi connectivity index (χ4n) is 5.09. The second-order valence-corrected chi connectivity index (χ2v) is 9.31. The molecule has 3 aromatic rings. The van der Waals surface area contributed by atoms with Crippen LogP contribution in [0.15, 0.2) is 29.2 Å². The fourth-order valence-corrected chi connectivity index (χ4v) is 5.09. The van der Waals surface area contributed by atoms with Crippen molar-refractivity contribution in [1.29, 1.82) is 0 Å². The number of amides is 1. The monoisotopic (exact) mass is 448 g/mol. The molecule has 2 aliphatic rings. The van der Waals surface area contributed by atoms with E-state index in [1.165, 1.54) is 5.56 Å². The number of anilines is 1. The van der Waals surface area contributed by atoms with Crippen LogP contribution in [0.2, 0.25) is 0 Å². The lowest BCUT2D eigenvalue weighted by Crippen LogP contribution is -2.41. The molecule has 33 heavy (non-hydrogen) atoms. The molecule has 8 heteroatoms. The van der Waals surface area contributed by atoms with Crippen molar-refractivity contribution in [3.8, 4) is 0 Å². The van der Waals surface area contributed by atoms with Crippen molar-refractivity contribution in [3.05, 3.63) is 57.3 Å². The predicted octanol–water partition coefficient (Wildman–Crippen LogP) is 2.89. The van der Waals surface area contributed by atoms with Crippen LogP contribution < -0.4 is 15.8 Å². The van der Waals surface area contributed by atoms with E-state index >= 15 is 0 Å². The van der Waals surface area contributed by atoms with Crippen LogP contribution in [-0.4, -0.2) is 44.2 Å². The normalized spacial score (nSPS) is 18.0. The van der Waals surface area contributed by atoms with Crippen molar-refractivity contribution < 1.29 is 4.79 Å². The number of rotatable bonds is 6. The van der Waals surface area contributed by atoms with Crippen molar-refractivity contribution in [2.75, 3.05) is 18.0 Å². The molecular formula is C25H32N6O2. The summed E-state index contributed by atoms with van der Waals surface area (Å²) in [4.78, 5) is 33.0. The Kier molecular flexibility index (Phi) is 5.91. The molecule has 0 spiro atoms. The third-order valence-electron chi connectivity index (χ3n) is 6.95. The van der Waals surface area contributed by atoms with Gasteiger partial charge in [0.1, 0.15) is 11.4 Å². The highest BCUT2D eigenvalue weighted by Gasteiger charge is 2.28. The molecule has 1 atom stereocenters. The van der Waals surface area contributed by atoms with Gasteiger partial charge in [-0.2, -0.15) is 0 Å². The summed E-state index contributed by atoms with van der Waals surface area (Å²) in [6.07, 6.45) is 8.71. The summed E-state index contributed by atoms with van der Waals surface area (Å²) >= 11 is 0. The summed E-state index contributed by atoms with van der Waals surface area (Å²) in [5.74, 6) is 0.621. The van der Waals surface area contributed by atoms with E-state index in [1.807, 2.05) is 40.4 Å². The van der Waals surface area contributed by atoms with Gasteiger partial charge in [-0.25, -0.2) is 9.50 Å². The number of hydrogen-bond acceptors (Lipinski definition) is 5. The van der Waals surface area contributed by atoms with Gasteiger partial charge in [-0.05, 0) is 69.2 Å². The summed E-state index contributed by atoms with van der Waals surface area (Å²) in [7, 11) is 0. The zero-order valence-corrected chi connectivity index (χ0v) is 19.5.